The van der Waals surface area contributed by atoms with E-state index >= 15 is 0 Å². The molecule has 0 bridgehead atoms. The lowest BCUT2D eigenvalue weighted by atomic mass is 10.1. The molecule has 0 aliphatic carbocycles. The van der Waals surface area contributed by atoms with Crippen LogP contribution in [0.25, 0.3) is 0 Å². The number of nitrogens with zero attached hydrogens (tertiary/aromatic N) is 1. The number of hydrazone groups is 1. The number of benzene rings is 2. The Balaban J connectivity index is 1.87. The fourth-order valence-electron chi connectivity index (χ4n) is 2.14. The van der Waals surface area contributed by atoms with Gasteiger partial charge in [-0.25, -0.2) is 5.43 Å². The predicted octanol–water partition coefficient (Wildman–Crippen LogP) is 4.42. The SMILES string of the molecule is CCCCc1ccc(NC(=O)C(=O)N/N=C/c2ccc(Cl)cc2Cl)cc1. The molecule has 0 saturated heterocycles. The summed E-state index contributed by atoms with van der Waals surface area (Å²) in [6, 6.07) is 12.3. The molecule has 5 nitrogen and oxygen atoms in total. The van der Waals surface area contributed by atoms with Crippen molar-refractivity contribution < 1.29 is 9.59 Å². The smallest absolute Gasteiger partial charge is 0.318 e. The van der Waals surface area contributed by atoms with Crippen LogP contribution in [0.3, 0.4) is 0 Å². The van der Waals surface area contributed by atoms with Gasteiger partial charge in [0.1, 0.15) is 0 Å². The Morgan fingerprint density at radius 3 is 2.46 bits per heavy atom. The highest BCUT2D eigenvalue weighted by molar-refractivity contribution is 6.39. The molecule has 2 N–H and O–H groups in total. The van der Waals surface area contributed by atoms with Gasteiger partial charge in [-0.1, -0.05) is 54.7 Å². The number of rotatable bonds is 6. The molecular formula is C19H19Cl2N3O2. The van der Waals surface area contributed by atoms with Crippen LogP contribution in [-0.2, 0) is 16.0 Å². The summed E-state index contributed by atoms with van der Waals surface area (Å²) >= 11 is 11.8. The number of aryl methyl sites for hydroxylation is 1. The molecule has 136 valence electrons. The summed E-state index contributed by atoms with van der Waals surface area (Å²) < 4.78 is 0. The summed E-state index contributed by atoms with van der Waals surface area (Å²) in [5.41, 5.74) is 4.47. The van der Waals surface area contributed by atoms with E-state index in [0.717, 1.165) is 19.3 Å². The molecule has 0 fully saturated rings. The minimum absolute atomic E-state index is 0.392. The fraction of sp³-hybridized carbons (Fsp3) is 0.211. The van der Waals surface area contributed by atoms with Crippen LogP contribution in [-0.4, -0.2) is 18.0 Å². The van der Waals surface area contributed by atoms with E-state index in [1.54, 1.807) is 30.3 Å². The maximum atomic E-state index is 11.9. The molecule has 0 atom stereocenters. The van der Waals surface area contributed by atoms with E-state index in [9.17, 15) is 9.59 Å². The maximum absolute atomic E-state index is 11.9. The second-order valence-electron chi connectivity index (χ2n) is 5.62. The lowest BCUT2D eigenvalue weighted by Crippen LogP contribution is -2.32. The fourth-order valence-corrected chi connectivity index (χ4v) is 2.60. The zero-order chi connectivity index (χ0) is 18.9. The van der Waals surface area contributed by atoms with Crippen LogP contribution < -0.4 is 10.7 Å². The van der Waals surface area contributed by atoms with E-state index in [1.165, 1.54) is 11.8 Å². The van der Waals surface area contributed by atoms with Crippen LogP contribution in [0.15, 0.2) is 47.6 Å². The third-order valence-corrected chi connectivity index (χ3v) is 4.13. The van der Waals surface area contributed by atoms with E-state index in [0.29, 0.717) is 21.3 Å². The minimum Gasteiger partial charge on any atom is -0.318 e. The molecule has 0 saturated carbocycles. The summed E-state index contributed by atoms with van der Waals surface area (Å²) in [6.45, 7) is 2.14. The monoisotopic (exact) mass is 391 g/mol. The highest BCUT2D eigenvalue weighted by Gasteiger charge is 2.12. The largest absolute Gasteiger partial charge is 0.329 e. The molecule has 0 spiro atoms. The van der Waals surface area contributed by atoms with Crippen molar-refractivity contribution in [2.75, 3.05) is 5.32 Å². The van der Waals surface area contributed by atoms with Gasteiger partial charge in [0, 0.05) is 16.3 Å². The molecule has 0 heterocycles. The first kappa shape index (κ1) is 19.9. The second kappa shape index (κ2) is 9.94. The van der Waals surface area contributed by atoms with Crippen LogP contribution >= 0.6 is 23.2 Å². The number of unbranched alkanes of at least 4 members (excludes halogenated alkanes) is 1. The normalized spacial score (nSPS) is 10.7. The van der Waals surface area contributed by atoms with Gasteiger partial charge in [0.15, 0.2) is 0 Å². The zero-order valence-electron chi connectivity index (χ0n) is 14.3. The number of carbonyl (C=O) groups excluding carboxylic acids is 2. The van der Waals surface area contributed by atoms with Crippen LogP contribution in [0.1, 0.15) is 30.9 Å². The Hall–Kier alpha value is -2.37. The van der Waals surface area contributed by atoms with Crippen molar-refractivity contribution in [3.05, 3.63) is 63.6 Å². The minimum atomic E-state index is -0.874. The first-order valence-corrected chi connectivity index (χ1v) is 8.93. The standard InChI is InChI=1S/C19H19Cl2N3O2/c1-2-3-4-13-5-9-16(10-6-13)23-18(25)19(26)24-22-12-14-7-8-15(20)11-17(14)21/h5-12H,2-4H2,1H3,(H,23,25)(H,24,26)/b22-12+. The quantitative estimate of drug-likeness (QED) is 0.434. The molecule has 2 aromatic rings. The number of hydrogen-bond acceptors (Lipinski definition) is 3. The first-order chi connectivity index (χ1) is 12.5. The number of nitrogens with one attached hydrogen (secondary N) is 2. The molecule has 2 aromatic carbocycles. The van der Waals surface area contributed by atoms with Gasteiger partial charge >= 0.3 is 11.8 Å². The number of carbonyl (C=O) groups is 2. The summed E-state index contributed by atoms with van der Waals surface area (Å²) in [6.07, 6.45) is 4.57. The highest BCUT2D eigenvalue weighted by atomic mass is 35.5. The molecule has 2 amide bonds. The topological polar surface area (TPSA) is 70.6 Å². The van der Waals surface area contributed by atoms with Crippen LogP contribution in [0.5, 0.6) is 0 Å². The molecule has 0 aliphatic heterocycles. The first-order valence-electron chi connectivity index (χ1n) is 8.18. The van der Waals surface area contributed by atoms with Crippen molar-refractivity contribution in [1.29, 1.82) is 0 Å². The average molecular weight is 392 g/mol. The van der Waals surface area contributed by atoms with E-state index in [-0.39, 0.29) is 0 Å². The van der Waals surface area contributed by atoms with Gasteiger partial charge in [-0.2, -0.15) is 5.10 Å². The van der Waals surface area contributed by atoms with E-state index < -0.39 is 11.8 Å². The lowest BCUT2D eigenvalue weighted by Gasteiger charge is -2.05. The summed E-state index contributed by atoms with van der Waals surface area (Å²) in [7, 11) is 0. The Morgan fingerprint density at radius 1 is 1.08 bits per heavy atom. The van der Waals surface area contributed by atoms with Crippen LogP contribution in [0.4, 0.5) is 5.69 Å². The molecule has 0 radical (unpaired) electrons. The van der Waals surface area contributed by atoms with Crippen molar-refractivity contribution in [2.24, 2.45) is 5.10 Å². The van der Waals surface area contributed by atoms with E-state index in [2.05, 4.69) is 22.8 Å². The van der Waals surface area contributed by atoms with Crippen molar-refractivity contribution in [3.63, 3.8) is 0 Å². The van der Waals surface area contributed by atoms with Crippen molar-refractivity contribution in [3.8, 4) is 0 Å². The number of hydrogen-bond donors (Lipinski definition) is 2. The Bertz CT molecular complexity index is 805. The average Bonchev–Trinajstić information content (AvgIpc) is 2.62. The van der Waals surface area contributed by atoms with Crippen molar-refractivity contribution >= 4 is 46.9 Å². The lowest BCUT2D eigenvalue weighted by molar-refractivity contribution is -0.136. The second-order valence-corrected chi connectivity index (χ2v) is 6.46. The van der Waals surface area contributed by atoms with Crippen molar-refractivity contribution in [1.82, 2.24) is 5.43 Å². The number of halogens is 2. The third-order valence-electron chi connectivity index (χ3n) is 3.57. The molecule has 0 aliphatic rings. The predicted molar refractivity (Wildman–Crippen MR) is 106 cm³/mol. The molecule has 2 rings (SSSR count). The van der Waals surface area contributed by atoms with Gasteiger partial charge in [0.2, 0.25) is 0 Å². The van der Waals surface area contributed by atoms with Gasteiger partial charge in [0.25, 0.3) is 0 Å². The highest BCUT2D eigenvalue weighted by Crippen LogP contribution is 2.19. The van der Waals surface area contributed by atoms with Gasteiger partial charge < -0.3 is 5.32 Å². The third kappa shape index (κ3) is 6.17. The van der Waals surface area contributed by atoms with Gasteiger partial charge in [-0.15, -0.1) is 0 Å². The number of anilines is 1. The van der Waals surface area contributed by atoms with Crippen molar-refractivity contribution in [2.45, 2.75) is 26.2 Å². The van der Waals surface area contributed by atoms with E-state index in [4.69, 9.17) is 23.2 Å². The van der Waals surface area contributed by atoms with E-state index in [1.807, 2.05) is 12.1 Å². The Morgan fingerprint density at radius 2 is 1.81 bits per heavy atom. The van der Waals surface area contributed by atoms with Gasteiger partial charge in [-0.3, -0.25) is 9.59 Å². The molecule has 0 aromatic heterocycles. The van der Waals surface area contributed by atoms with Crippen LogP contribution in [0.2, 0.25) is 10.0 Å². The summed E-state index contributed by atoms with van der Waals surface area (Å²) in [5.74, 6) is -1.67. The van der Waals surface area contributed by atoms with Crippen LogP contribution in [0, 0.1) is 0 Å². The Labute approximate surface area is 162 Å². The Kier molecular flexibility index (Phi) is 7.63. The molecular weight excluding hydrogens is 373 g/mol. The van der Waals surface area contributed by atoms with Gasteiger partial charge in [-0.05, 0) is 42.7 Å². The maximum Gasteiger partial charge on any atom is 0.329 e. The summed E-state index contributed by atoms with van der Waals surface area (Å²) in [5, 5.41) is 7.14. The zero-order valence-corrected chi connectivity index (χ0v) is 15.8. The molecule has 26 heavy (non-hydrogen) atoms. The molecule has 0 unspecified atom stereocenters. The molecule has 7 heteroatoms. The summed E-state index contributed by atoms with van der Waals surface area (Å²) in [4.78, 5) is 23.7. The van der Waals surface area contributed by atoms with Gasteiger partial charge in [0.05, 0.1) is 11.2 Å². The number of amides is 2.